The Bertz CT molecular complexity index is 304. The van der Waals surface area contributed by atoms with Gasteiger partial charge in [-0.3, -0.25) is 0 Å². The third-order valence-electron chi connectivity index (χ3n) is 3.65. The van der Waals surface area contributed by atoms with Gasteiger partial charge in [0.2, 0.25) is 0 Å². The van der Waals surface area contributed by atoms with E-state index < -0.39 is 0 Å². The van der Waals surface area contributed by atoms with Gasteiger partial charge in [-0.05, 0) is 38.0 Å². The van der Waals surface area contributed by atoms with Gasteiger partial charge in [0.15, 0.2) is 0 Å². The highest BCUT2D eigenvalue weighted by molar-refractivity contribution is 5.57. The van der Waals surface area contributed by atoms with Crippen LogP contribution in [-0.4, -0.2) is 12.6 Å². The molecule has 17 heavy (non-hydrogen) atoms. The number of carbonyl (C=O) groups is 2. The van der Waals surface area contributed by atoms with Crippen LogP contribution in [-0.2, 0) is 9.59 Å². The summed E-state index contributed by atoms with van der Waals surface area (Å²) in [6, 6.07) is 0. The first-order valence-electron chi connectivity index (χ1n) is 6.47. The predicted octanol–water partition coefficient (Wildman–Crippen LogP) is 3.33. The van der Waals surface area contributed by atoms with Crippen molar-refractivity contribution in [1.82, 2.24) is 0 Å². The average molecular weight is 234 g/mol. The number of rotatable bonds is 7. The third kappa shape index (κ3) is 4.29. The Morgan fingerprint density at radius 1 is 1.41 bits per heavy atom. The molecule has 0 N–H and O–H groups in total. The third-order valence-corrected chi connectivity index (χ3v) is 3.65. The van der Waals surface area contributed by atoms with Gasteiger partial charge in [-0.2, -0.15) is 0 Å². The van der Waals surface area contributed by atoms with Crippen LogP contribution in [0.25, 0.3) is 0 Å². The van der Waals surface area contributed by atoms with Crippen LogP contribution < -0.4 is 0 Å². The van der Waals surface area contributed by atoms with Crippen molar-refractivity contribution < 1.29 is 9.59 Å². The second-order valence-corrected chi connectivity index (χ2v) is 4.87. The minimum atomic E-state index is 0.0948. The molecule has 0 radical (unpaired) electrons. The molecule has 3 unspecified atom stereocenters. The van der Waals surface area contributed by atoms with Crippen LogP contribution >= 0.6 is 0 Å². The van der Waals surface area contributed by atoms with Gasteiger partial charge in [-0.1, -0.05) is 31.2 Å². The summed E-state index contributed by atoms with van der Waals surface area (Å²) in [6.07, 6.45) is 10.8. The van der Waals surface area contributed by atoms with Crippen molar-refractivity contribution in [3.63, 3.8) is 0 Å². The lowest BCUT2D eigenvalue weighted by atomic mass is 9.83. The van der Waals surface area contributed by atoms with Crippen LogP contribution in [0.15, 0.2) is 24.3 Å². The minimum Gasteiger partial charge on any atom is -0.303 e. The van der Waals surface area contributed by atoms with Crippen LogP contribution in [0.2, 0.25) is 0 Å². The SMILES string of the molecule is C=C(CCC(C=O)CC)C1C=CC(C=O)CC1. The van der Waals surface area contributed by atoms with Crippen molar-refractivity contribution in [2.45, 2.75) is 39.0 Å². The van der Waals surface area contributed by atoms with Gasteiger partial charge < -0.3 is 9.59 Å². The Balaban J connectivity index is 2.38. The molecular formula is C15H22O2. The number of allylic oxidation sites excluding steroid dienone is 3. The monoisotopic (exact) mass is 234 g/mol. The molecule has 0 aromatic rings. The van der Waals surface area contributed by atoms with Crippen molar-refractivity contribution >= 4 is 12.6 Å². The van der Waals surface area contributed by atoms with E-state index in [1.165, 1.54) is 5.57 Å². The number of hydrogen-bond acceptors (Lipinski definition) is 2. The van der Waals surface area contributed by atoms with Gasteiger partial charge in [-0.15, -0.1) is 0 Å². The van der Waals surface area contributed by atoms with Gasteiger partial charge in [0.1, 0.15) is 12.6 Å². The summed E-state index contributed by atoms with van der Waals surface area (Å²) in [4.78, 5) is 21.3. The summed E-state index contributed by atoms with van der Waals surface area (Å²) in [7, 11) is 0. The van der Waals surface area contributed by atoms with Gasteiger partial charge in [0.25, 0.3) is 0 Å². The molecule has 0 heterocycles. The number of carbonyl (C=O) groups excluding carboxylic acids is 2. The lowest BCUT2D eigenvalue weighted by Gasteiger charge is -2.22. The zero-order chi connectivity index (χ0) is 12.7. The molecule has 0 aromatic carbocycles. The molecule has 0 spiro atoms. The van der Waals surface area contributed by atoms with E-state index in [0.717, 1.165) is 44.7 Å². The summed E-state index contributed by atoms with van der Waals surface area (Å²) in [5.41, 5.74) is 1.20. The molecule has 0 aliphatic heterocycles. The lowest BCUT2D eigenvalue weighted by molar-refractivity contribution is -0.111. The Hall–Kier alpha value is -1.18. The average Bonchev–Trinajstić information content (AvgIpc) is 2.39. The number of aldehydes is 2. The smallest absolute Gasteiger partial charge is 0.126 e. The standard InChI is InChI=1S/C15H22O2/c1-3-13(10-16)5-4-12(2)15-8-6-14(11-17)7-9-15/h6,8,10-11,13-15H,2-5,7,9H2,1H3. The fourth-order valence-corrected chi connectivity index (χ4v) is 2.22. The van der Waals surface area contributed by atoms with Crippen LogP contribution in [0.1, 0.15) is 39.0 Å². The molecule has 1 aliphatic carbocycles. The molecule has 0 bridgehead atoms. The largest absolute Gasteiger partial charge is 0.303 e. The van der Waals surface area contributed by atoms with E-state index in [0.29, 0.717) is 5.92 Å². The molecule has 1 aliphatic rings. The molecule has 0 saturated heterocycles. The normalized spacial score (nSPS) is 25.2. The van der Waals surface area contributed by atoms with E-state index in [-0.39, 0.29) is 11.8 Å². The fraction of sp³-hybridized carbons (Fsp3) is 0.600. The van der Waals surface area contributed by atoms with Crippen molar-refractivity contribution in [2.75, 3.05) is 0 Å². The van der Waals surface area contributed by atoms with E-state index in [1.54, 1.807) is 0 Å². The maximum Gasteiger partial charge on any atom is 0.126 e. The molecule has 0 amide bonds. The highest BCUT2D eigenvalue weighted by Gasteiger charge is 2.17. The van der Waals surface area contributed by atoms with Crippen LogP contribution in [0.4, 0.5) is 0 Å². The topological polar surface area (TPSA) is 34.1 Å². The van der Waals surface area contributed by atoms with Crippen molar-refractivity contribution in [2.24, 2.45) is 17.8 Å². The molecule has 0 aromatic heterocycles. The molecule has 0 fully saturated rings. The van der Waals surface area contributed by atoms with E-state index in [9.17, 15) is 9.59 Å². The molecule has 1 rings (SSSR count). The molecule has 2 heteroatoms. The second-order valence-electron chi connectivity index (χ2n) is 4.87. The highest BCUT2D eigenvalue weighted by atomic mass is 16.1. The van der Waals surface area contributed by atoms with Crippen molar-refractivity contribution in [1.29, 1.82) is 0 Å². The quantitative estimate of drug-likeness (QED) is 0.500. The van der Waals surface area contributed by atoms with Crippen molar-refractivity contribution in [3.8, 4) is 0 Å². The summed E-state index contributed by atoms with van der Waals surface area (Å²) in [5.74, 6) is 0.662. The molecule has 94 valence electrons. The van der Waals surface area contributed by atoms with Gasteiger partial charge in [0, 0.05) is 11.8 Å². The Kier molecular flexibility index (Phi) is 5.88. The van der Waals surface area contributed by atoms with E-state index >= 15 is 0 Å². The van der Waals surface area contributed by atoms with Crippen LogP contribution in [0, 0.1) is 17.8 Å². The maximum atomic E-state index is 10.7. The van der Waals surface area contributed by atoms with Crippen LogP contribution in [0.5, 0.6) is 0 Å². The van der Waals surface area contributed by atoms with Gasteiger partial charge in [-0.25, -0.2) is 0 Å². The lowest BCUT2D eigenvalue weighted by Crippen LogP contribution is -2.12. The summed E-state index contributed by atoms with van der Waals surface area (Å²) >= 11 is 0. The fourth-order valence-electron chi connectivity index (χ4n) is 2.22. The van der Waals surface area contributed by atoms with Crippen molar-refractivity contribution in [3.05, 3.63) is 24.3 Å². The zero-order valence-electron chi connectivity index (χ0n) is 10.6. The van der Waals surface area contributed by atoms with Gasteiger partial charge >= 0.3 is 0 Å². The molecule has 0 saturated carbocycles. The summed E-state index contributed by atoms with van der Waals surface area (Å²) in [6.45, 7) is 6.15. The van der Waals surface area contributed by atoms with Crippen LogP contribution in [0.3, 0.4) is 0 Å². The second kappa shape index (κ2) is 7.21. The summed E-state index contributed by atoms with van der Waals surface area (Å²) < 4.78 is 0. The first kappa shape index (κ1) is 13.9. The maximum absolute atomic E-state index is 10.7. The van der Waals surface area contributed by atoms with E-state index in [2.05, 4.69) is 12.7 Å². The molecule has 2 nitrogen and oxygen atoms in total. The first-order valence-corrected chi connectivity index (χ1v) is 6.47. The Labute approximate surface area is 104 Å². The Morgan fingerprint density at radius 3 is 2.65 bits per heavy atom. The zero-order valence-corrected chi connectivity index (χ0v) is 10.6. The van der Waals surface area contributed by atoms with Gasteiger partial charge in [0.05, 0.1) is 0 Å². The number of hydrogen-bond donors (Lipinski definition) is 0. The first-order chi connectivity index (χ1) is 8.21. The van der Waals surface area contributed by atoms with E-state index in [4.69, 9.17) is 0 Å². The van der Waals surface area contributed by atoms with E-state index in [1.807, 2.05) is 13.0 Å². The minimum absolute atomic E-state index is 0.0948. The highest BCUT2D eigenvalue weighted by Crippen LogP contribution is 2.29. The summed E-state index contributed by atoms with van der Waals surface area (Å²) in [5, 5.41) is 0. The Morgan fingerprint density at radius 2 is 2.18 bits per heavy atom. The molecule has 3 atom stereocenters. The molecular weight excluding hydrogens is 212 g/mol. The predicted molar refractivity (Wildman–Crippen MR) is 69.6 cm³/mol.